The van der Waals surface area contributed by atoms with Gasteiger partial charge in [0.1, 0.15) is 0 Å². The molecule has 15 heavy (non-hydrogen) atoms. The summed E-state index contributed by atoms with van der Waals surface area (Å²) in [7, 11) is 0. The van der Waals surface area contributed by atoms with Gasteiger partial charge in [0.05, 0.1) is 5.56 Å². The van der Waals surface area contributed by atoms with E-state index in [9.17, 15) is 4.79 Å². The Kier molecular flexibility index (Phi) is 2.40. The Labute approximate surface area is 93.0 Å². The zero-order valence-corrected chi connectivity index (χ0v) is 9.08. The lowest BCUT2D eigenvalue weighted by molar-refractivity contribution is 0.0696. The highest BCUT2D eigenvalue weighted by molar-refractivity contribution is 7.80. The minimum Gasteiger partial charge on any atom is -0.478 e. The Balaban J connectivity index is 2.82. The molecular weight excluding hydrogens is 208 g/mol. The molecule has 0 spiro atoms. The van der Waals surface area contributed by atoms with Crippen LogP contribution in [0, 0.1) is 6.92 Å². The van der Waals surface area contributed by atoms with Crippen LogP contribution in [0.25, 0.3) is 10.8 Å². The minimum absolute atomic E-state index is 0.349. The molecule has 76 valence electrons. The van der Waals surface area contributed by atoms with Gasteiger partial charge in [0.15, 0.2) is 0 Å². The Morgan fingerprint density at radius 2 is 1.93 bits per heavy atom. The molecule has 0 aliphatic heterocycles. The van der Waals surface area contributed by atoms with Crippen molar-refractivity contribution in [1.82, 2.24) is 0 Å². The standard InChI is InChI=1S/C12H10O2S/c1-7-10(12(13)14)5-3-8-2-4-9(15)6-11(7)8/h2-6,15H,1H3,(H,13,14). The topological polar surface area (TPSA) is 37.3 Å². The lowest BCUT2D eigenvalue weighted by Crippen LogP contribution is -1.99. The maximum Gasteiger partial charge on any atom is 0.335 e. The van der Waals surface area contributed by atoms with Gasteiger partial charge in [0, 0.05) is 4.90 Å². The number of aryl methyl sites for hydroxylation is 1. The van der Waals surface area contributed by atoms with Crippen molar-refractivity contribution in [3.8, 4) is 0 Å². The van der Waals surface area contributed by atoms with Crippen molar-refractivity contribution in [3.05, 3.63) is 41.5 Å². The van der Waals surface area contributed by atoms with E-state index in [1.807, 2.05) is 31.2 Å². The average molecular weight is 218 g/mol. The zero-order valence-electron chi connectivity index (χ0n) is 8.19. The summed E-state index contributed by atoms with van der Waals surface area (Å²) in [6.07, 6.45) is 0. The van der Waals surface area contributed by atoms with Crippen LogP contribution in [0.1, 0.15) is 15.9 Å². The Morgan fingerprint density at radius 3 is 2.60 bits per heavy atom. The Bertz CT molecular complexity index is 547. The van der Waals surface area contributed by atoms with E-state index < -0.39 is 5.97 Å². The largest absolute Gasteiger partial charge is 0.478 e. The van der Waals surface area contributed by atoms with Gasteiger partial charge in [-0.1, -0.05) is 12.1 Å². The molecular formula is C12H10O2S. The smallest absolute Gasteiger partial charge is 0.335 e. The quantitative estimate of drug-likeness (QED) is 0.721. The van der Waals surface area contributed by atoms with Crippen molar-refractivity contribution in [1.29, 1.82) is 0 Å². The van der Waals surface area contributed by atoms with Gasteiger partial charge in [-0.15, -0.1) is 12.6 Å². The third-order valence-electron chi connectivity index (χ3n) is 2.50. The molecule has 0 aromatic heterocycles. The lowest BCUT2D eigenvalue weighted by Gasteiger charge is -2.06. The van der Waals surface area contributed by atoms with E-state index in [-0.39, 0.29) is 0 Å². The number of carboxylic acid groups (broad SMARTS) is 1. The van der Waals surface area contributed by atoms with E-state index in [1.54, 1.807) is 6.07 Å². The van der Waals surface area contributed by atoms with Crippen LogP contribution in [-0.2, 0) is 0 Å². The van der Waals surface area contributed by atoms with Gasteiger partial charge in [-0.2, -0.15) is 0 Å². The van der Waals surface area contributed by atoms with E-state index in [0.29, 0.717) is 5.56 Å². The predicted molar refractivity (Wildman–Crippen MR) is 62.9 cm³/mol. The maximum atomic E-state index is 10.9. The first-order valence-electron chi connectivity index (χ1n) is 4.55. The number of thiol groups is 1. The summed E-state index contributed by atoms with van der Waals surface area (Å²) in [5.41, 5.74) is 1.14. The van der Waals surface area contributed by atoms with Crippen molar-refractivity contribution in [2.24, 2.45) is 0 Å². The third-order valence-corrected chi connectivity index (χ3v) is 2.78. The molecule has 2 aromatic carbocycles. The maximum absolute atomic E-state index is 10.9. The molecule has 0 amide bonds. The predicted octanol–water partition coefficient (Wildman–Crippen LogP) is 3.14. The second-order valence-corrected chi connectivity index (χ2v) is 3.97. The molecule has 0 aliphatic rings. The van der Waals surface area contributed by atoms with Crippen LogP contribution in [0.5, 0.6) is 0 Å². The molecule has 1 N–H and O–H groups in total. The first-order chi connectivity index (χ1) is 7.09. The highest BCUT2D eigenvalue weighted by atomic mass is 32.1. The van der Waals surface area contributed by atoms with Crippen molar-refractivity contribution in [2.45, 2.75) is 11.8 Å². The average Bonchev–Trinajstić information content (AvgIpc) is 2.19. The fraction of sp³-hybridized carbons (Fsp3) is 0.0833. The number of hydrogen-bond donors (Lipinski definition) is 2. The van der Waals surface area contributed by atoms with Gasteiger partial charge >= 0.3 is 5.97 Å². The molecule has 0 aliphatic carbocycles. The van der Waals surface area contributed by atoms with E-state index in [4.69, 9.17) is 5.11 Å². The molecule has 0 saturated carbocycles. The number of aromatic carboxylic acids is 1. The number of carbonyl (C=O) groups is 1. The van der Waals surface area contributed by atoms with Gasteiger partial charge in [0.2, 0.25) is 0 Å². The van der Waals surface area contributed by atoms with Crippen LogP contribution in [0.3, 0.4) is 0 Å². The van der Waals surface area contributed by atoms with E-state index >= 15 is 0 Å². The zero-order chi connectivity index (χ0) is 11.0. The molecule has 0 atom stereocenters. The van der Waals surface area contributed by atoms with Crippen LogP contribution < -0.4 is 0 Å². The molecule has 3 heteroatoms. The van der Waals surface area contributed by atoms with Crippen molar-refractivity contribution in [3.63, 3.8) is 0 Å². The van der Waals surface area contributed by atoms with Gasteiger partial charge in [-0.25, -0.2) is 4.79 Å². The summed E-state index contributed by atoms with van der Waals surface area (Å²) in [5, 5.41) is 11.0. The highest BCUT2D eigenvalue weighted by Gasteiger charge is 2.09. The third kappa shape index (κ3) is 1.70. The van der Waals surface area contributed by atoms with Crippen molar-refractivity contribution >= 4 is 29.4 Å². The molecule has 0 heterocycles. The Morgan fingerprint density at radius 1 is 1.27 bits per heavy atom. The second-order valence-electron chi connectivity index (χ2n) is 3.45. The van der Waals surface area contributed by atoms with Crippen LogP contribution >= 0.6 is 12.6 Å². The molecule has 0 fully saturated rings. The van der Waals surface area contributed by atoms with E-state index in [0.717, 1.165) is 21.2 Å². The van der Waals surface area contributed by atoms with Crippen LogP contribution in [-0.4, -0.2) is 11.1 Å². The lowest BCUT2D eigenvalue weighted by atomic mass is 10.0. The van der Waals surface area contributed by atoms with Gasteiger partial charge < -0.3 is 5.11 Å². The number of rotatable bonds is 1. The van der Waals surface area contributed by atoms with Crippen molar-refractivity contribution < 1.29 is 9.90 Å². The fourth-order valence-electron chi connectivity index (χ4n) is 1.69. The minimum atomic E-state index is -0.890. The van der Waals surface area contributed by atoms with E-state index in [1.165, 1.54) is 0 Å². The SMILES string of the molecule is Cc1c(C(=O)O)ccc2ccc(S)cc12. The summed E-state index contributed by atoms with van der Waals surface area (Å²) in [6, 6.07) is 9.18. The number of benzene rings is 2. The molecule has 0 radical (unpaired) electrons. The molecule has 2 nitrogen and oxygen atoms in total. The first kappa shape index (κ1) is 10.1. The summed E-state index contributed by atoms with van der Waals surface area (Å²) in [6.45, 7) is 1.82. The second kappa shape index (κ2) is 3.59. The Hall–Kier alpha value is -1.48. The number of carboxylic acids is 1. The van der Waals surface area contributed by atoms with Gasteiger partial charge in [-0.3, -0.25) is 0 Å². The molecule has 0 bridgehead atoms. The van der Waals surface area contributed by atoms with Crippen LogP contribution in [0.4, 0.5) is 0 Å². The summed E-state index contributed by atoms with van der Waals surface area (Å²) in [5.74, 6) is -0.890. The number of hydrogen-bond acceptors (Lipinski definition) is 2. The number of fused-ring (bicyclic) bond motifs is 1. The molecule has 2 rings (SSSR count). The summed E-state index contributed by atoms with van der Waals surface area (Å²) in [4.78, 5) is 11.8. The molecule has 0 saturated heterocycles. The van der Waals surface area contributed by atoms with Gasteiger partial charge in [0.25, 0.3) is 0 Å². The summed E-state index contributed by atoms with van der Waals surface area (Å²) >= 11 is 4.25. The first-order valence-corrected chi connectivity index (χ1v) is 5.00. The molecule has 0 unspecified atom stereocenters. The van der Waals surface area contributed by atoms with E-state index in [2.05, 4.69) is 12.6 Å². The fourth-order valence-corrected chi connectivity index (χ4v) is 1.89. The van der Waals surface area contributed by atoms with Crippen LogP contribution in [0.15, 0.2) is 35.2 Å². The van der Waals surface area contributed by atoms with Gasteiger partial charge in [-0.05, 0) is 41.5 Å². The normalized spacial score (nSPS) is 10.5. The molecule has 2 aromatic rings. The summed E-state index contributed by atoms with van der Waals surface area (Å²) < 4.78 is 0. The van der Waals surface area contributed by atoms with Crippen molar-refractivity contribution in [2.75, 3.05) is 0 Å². The van der Waals surface area contributed by atoms with Crippen LogP contribution in [0.2, 0.25) is 0 Å². The monoisotopic (exact) mass is 218 g/mol. The highest BCUT2D eigenvalue weighted by Crippen LogP contribution is 2.24.